The van der Waals surface area contributed by atoms with Crippen molar-refractivity contribution < 1.29 is 41.0 Å². The molecule has 0 aliphatic carbocycles. The van der Waals surface area contributed by atoms with Crippen LogP contribution in [0.25, 0.3) is 0 Å². The van der Waals surface area contributed by atoms with Crippen molar-refractivity contribution in [3.05, 3.63) is 27.7 Å². The van der Waals surface area contributed by atoms with Gasteiger partial charge in [0.2, 0.25) is 5.43 Å². The van der Waals surface area contributed by atoms with E-state index in [0.717, 1.165) is 0 Å². The van der Waals surface area contributed by atoms with Crippen LogP contribution in [0.3, 0.4) is 0 Å². The van der Waals surface area contributed by atoms with Crippen LogP contribution in [0.1, 0.15) is 11.3 Å². The molecule has 0 fully saturated rings. The van der Waals surface area contributed by atoms with E-state index in [4.69, 9.17) is 5.11 Å². The molecule has 0 spiro atoms. The fourth-order valence-corrected chi connectivity index (χ4v) is 1.34. The summed E-state index contributed by atoms with van der Waals surface area (Å²) in [4.78, 5) is 23.4. The summed E-state index contributed by atoms with van der Waals surface area (Å²) in [7, 11) is 0. The lowest BCUT2D eigenvalue weighted by Gasteiger charge is -2.14. The Morgan fingerprint density at radius 3 is 2.20 bits per heavy atom. The van der Waals surface area contributed by atoms with E-state index in [1.165, 1.54) is 0 Å². The van der Waals surface area contributed by atoms with Gasteiger partial charge in [-0.1, -0.05) is 0 Å². The van der Waals surface area contributed by atoms with Gasteiger partial charge in [0.15, 0.2) is 5.75 Å². The number of hydrogen-bond donors (Lipinski definition) is 2. The number of carbonyl (C=O) groups is 1. The van der Waals surface area contributed by atoms with E-state index in [2.05, 4.69) is 4.74 Å². The van der Waals surface area contributed by atoms with E-state index in [-0.39, 0.29) is 6.20 Å². The van der Waals surface area contributed by atoms with Gasteiger partial charge in [0, 0.05) is 11.9 Å². The highest BCUT2D eigenvalue weighted by Gasteiger charge is 2.40. The number of aromatic nitrogens is 1. The standard InChI is InChI=1S/C9H5F6NO4/c10-8(11,12)6-3(1-5(17)18)16-2-4(7(6)19)20-9(13,14)15/h2H,1H2,(H,16,19)(H,17,18). The molecule has 0 aliphatic rings. The molecule has 1 heterocycles. The van der Waals surface area contributed by atoms with Crippen LogP contribution >= 0.6 is 0 Å². The first-order valence-corrected chi connectivity index (χ1v) is 4.71. The number of nitrogens with one attached hydrogen (secondary N) is 1. The van der Waals surface area contributed by atoms with Crippen LogP contribution in [0.15, 0.2) is 11.0 Å². The van der Waals surface area contributed by atoms with E-state index in [0.29, 0.717) is 0 Å². The van der Waals surface area contributed by atoms with Crippen LogP contribution in [0.4, 0.5) is 26.3 Å². The fraction of sp³-hybridized carbons (Fsp3) is 0.333. The Kier molecular flexibility index (Phi) is 4.01. The number of ether oxygens (including phenoxy) is 1. The van der Waals surface area contributed by atoms with Gasteiger partial charge in [-0.2, -0.15) is 13.2 Å². The van der Waals surface area contributed by atoms with Gasteiger partial charge in [-0.05, 0) is 0 Å². The maximum Gasteiger partial charge on any atom is 0.573 e. The van der Waals surface area contributed by atoms with Gasteiger partial charge in [0.05, 0.1) is 6.42 Å². The highest BCUT2D eigenvalue weighted by molar-refractivity contribution is 5.70. The average Bonchev–Trinajstić information content (AvgIpc) is 2.17. The van der Waals surface area contributed by atoms with Crippen molar-refractivity contribution in [3.8, 4) is 5.75 Å². The van der Waals surface area contributed by atoms with Gasteiger partial charge in [-0.3, -0.25) is 9.59 Å². The van der Waals surface area contributed by atoms with Crippen LogP contribution in [0.2, 0.25) is 0 Å². The largest absolute Gasteiger partial charge is 0.573 e. The van der Waals surface area contributed by atoms with Gasteiger partial charge in [-0.25, -0.2) is 0 Å². The zero-order valence-electron chi connectivity index (χ0n) is 9.22. The summed E-state index contributed by atoms with van der Waals surface area (Å²) in [5, 5.41) is 8.40. The molecule has 0 bridgehead atoms. The Bertz CT molecular complexity index is 573. The highest BCUT2D eigenvalue weighted by atomic mass is 19.4. The van der Waals surface area contributed by atoms with Crippen LogP contribution in [-0.4, -0.2) is 22.4 Å². The first kappa shape index (κ1) is 15.9. The number of alkyl halides is 6. The van der Waals surface area contributed by atoms with E-state index < -0.39 is 47.4 Å². The Morgan fingerprint density at radius 1 is 1.25 bits per heavy atom. The van der Waals surface area contributed by atoms with Gasteiger partial charge >= 0.3 is 18.5 Å². The van der Waals surface area contributed by atoms with Crippen molar-refractivity contribution in [2.24, 2.45) is 0 Å². The number of rotatable bonds is 3. The third kappa shape index (κ3) is 3.90. The lowest BCUT2D eigenvalue weighted by atomic mass is 10.1. The van der Waals surface area contributed by atoms with Crippen molar-refractivity contribution in [1.29, 1.82) is 0 Å². The average molecular weight is 305 g/mol. The van der Waals surface area contributed by atoms with E-state index in [1.807, 2.05) is 0 Å². The molecule has 11 heteroatoms. The van der Waals surface area contributed by atoms with Crippen LogP contribution in [-0.2, 0) is 17.4 Å². The molecule has 112 valence electrons. The third-order valence-electron chi connectivity index (χ3n) is 1.97. The maximum atomic E-state index is 12.6. The van der Waals surface area contributed by atoms with E-state index in [1.54, 1.807) is 4.98 Å². The molecule has 2 N–H and O–H groups in total. The zero-order chi connectivity index (χ0) is 15.7. The molecule has 0 unspecified atom stereocenters. The normalized spacial score (nSPS) is 12.3. The second kappa shape index (κ2) is 5.06. The summed E-state index contributed by atoms with van der Waals surface area (Å²) in [6.07, 6.45) is -11.7. The quantitative estimate of drug-likeness (QED) is 0.836. The molecular formula is C9H5F6NO4. The Balaban J connectivity index is 3.44. The van der Waals surface area contributed by atoms with E-state index >= 15 is 0 Å². The number of carboxylic acids is 1. The van der Waals surface area contributed by atoms with Crippen molar-refractivity contribution in [2.45, 2.75) is 19.0 Å². The number of hydrogen-bond acceptors (Lipinski definition) is 3. The van der Waals surface area contributed by atoms with E-state index in [9.17, 15) is 35.9 Å². The van der Waals surface area contributed by atoms with Gasteiger partial charge in [0.1, 0.15) is 5.56 Å². The summed E-state index contributed by atoms with van der Waals surface area (Å²) >= 11 is 0. The lowest BCUT2D eigenvalue weighted by Crippen LogP contribution is -2.29. The predicted octanol–water partition coefficient (Wildman–Crippen LogP) is 1.92. The molecule has 0 aliphatic heterocycles. The van der Waals surface area contributed by atoms with Crippen molar-refractivity contribution in [2.75, 3.05) is 0 Å². The summed E-state index contributed by atoms with van der Waals surface area (Å²) < 4.78 is 76.7. The SMILES string of the molecule is O=C(O)Cc1[nH]cc(OC(F)(F)F)c(=O)c1C(F)(F)F. The van der Waals surface area contributed by atoms with Crippen molar-refractivity contribution >= 4 is 5.97 Å². The second-order valence-corrected chi connectivity index (χ2v) is 3.45. The topological polar surface area (TPSA) is 79.4 Å². The number of halogens is 6. The molecule has 0 saturated heterocycles. The number of H-pyrrole nitrogens is 1. The third-order valence-corrected chi connectivity index (χ3v) is 1.97. The molecule has 0 amide bonds. The Labute approximate surface area is 105 Å². The highest BCUT2D eigenvalue weighted by Crippen LogP contribution is 2.31. The minimum absolute atomic E-state index is 0.226. The molecular weight excluding hydrogens is 300 g/mol. The molecule has 1 aromatic rings. The van der Waals surface area contributed by atoms with Crippen LogP contribution in [0, 0.1) is 0 Å². The molecule has 0 atom stereocenters. The number of aliphatic carboxylic acids is 1. The van der Waals surface area contributed by atoms with Crippen LogP contribution < -0.4 is 10.2 Å². The Hall–Kier alpha value is -2.20. The van der Waals surface area contributed by atoms with Gasteiger partial charge < -0.3 is 14.8 Å². The minimum atomic E-state index is -5.36. The van der Waals surface area contributed by atoms with Crippen molar-refractivity contribution in [1.82, 2.24) is 4.98 Å². The summed E-state index contributed by atoms with van der Waals surface area (Å²) in [5.74, 6) is -3.32. The summed E-state index contributed by atoms with van der Waals surface area (Å²) in [6, 6.07) is 0. The molecule has 0 radical (unpaired) electrons. The van der Waals surface area contributed by atoms with Gasteiger partial charge in [0.25, 0.3) is 0 Å². The number of pyridine rings is 1. The summed E-state index contributed by atoms with van der Waals surface area (Å²) in [5.41, 5.74) is -5.20. The molecule has 1 rings (SSSR count). The fourth-order valence-electron chi connectivity index (χ4n) is 1.34. The maximum absolute atomic E-state index is 12.6. The lowest BCUT2D eigenvalue weighted by molar-refractivity contribution is -0.275. The molecule has 5 nitrogen and oxygen atoms in total. The molecule has 0 aromatic carbocycles. The number of carboxylic acid groups (broad SMARTS) is 1. The first-order chi connectivity index (χ1) is 8.92. The number of aromatic amines is 1. The molecule has 20 heavy (non-hydrogen) atoms. The smallest absolute Gasteiger partial charge is 0.481 e. The van der Waals surface area contributed by atoms with Gasteiger partial charge in [-0.15, -0.1) is 13.2 Å². The van der Waals surface area contributed by atoms with Crippen molar-refractivity contribution in [3.63, 3.8) is 0 Å². The minimum Gasteiger partial charge on any atom is -0.481 e. The zero-order valence-corrected chi connectivity index (χ0v) is 9.22. The second-order valence-electron chi connectivity index (χ2n) is 3.45. The predicted molar refractivity (Wildman–Crippen MR) is 50.1 cm³/mol. The molecule has 0 saturated carbocycles. The first-order valence-electron chi connectivity index (χ1n) is 4.71. The summed E-state index contributed by atoms with van der Waals surface area (Å²) in [6.45, 7) is 0. The van der Waals surface area contributed by atoms with Crippen LogP contribution in [0.5, 0.6) is 5.75 Å². The molecule has 1 aromatic heterocycles. The monoisotopic (exact) mass is 305 g/mol. The Morgan fingerprint density at radius 2 is 1.80 bits per heavy atom.